The standard InChI is InChI=1S/C13H17FN5O5P/c1-23-8-5-7(3-2-4-25(20,21)22)24-12(8)19-6-16-9-10(15)17-13(14)18-11(9)19/h2,4,6-8,12H,3,5H2,1H3,(H2,15,17,18)(H2,20,21,22)/b4-2+/t7-,8-,12-/m1/s1. The van der Waals surface area contributed by atoms with Crippen LogP contribution < -0.4 is 5.73 Å². The molecule has 0 unspecified atom stereocenters. The van der Waals surface area contributed by atoms with E-state index in [0.29, 0.717) is 12.8 Å². The fourth-order valence-electron chi connectivity index (χ4n) is 2.77. The number of aromatic nitrogens is 4. The number of imidazole rings is 1. The molecule has 1 fully saturated rings. The SMILES string of the molecule is CO[C@@H]1C[C@@H](C/C=C/P(=O)(O)O)O[C@H]1n1cnc2c(N)nc(F)nc21. The van der Waals surface area contributed by atoms with E-state index in [1.54, 1.807) is 0 Å². The van der Waals surface area contributed by atoms with Gasteiger partial charge in [0.1, 0.15) is 6.10 Å². The van der Waals surface area contributed by atoms with E-state index in [-0.39, 0.29) is 29.2 Å². The van der Waals surface area contributed by atoms with E-state index < -0.39 is 19.9 Å². The number of fused-ring (bicyclic) bond motifs is 1. The molecule has 0 aromatic carbocycles. The van der Waals surface area contributed by atoms with E-state index in [1.807, 2.05) is 0 Å². The number of rotatable bonds is 5. The van der Waals surface area contributed by atoms with Crippen LogP contribution in [-0.2, 0) is 14.0 Å². The Morgan fingerprint density at radius 1 is 1.56 bits per heavy atom. The van der Waals surface area contributed by atoms with Crippen LogP contribution in [0.15, 0.2) is 18.2 Å². The predicted molar refractivity (Wildman–Crippen MR) is 84.8 cm³/mol. The molecule has 10 nitrogen and oxygen atoms in total. The number of hydrogen-bond donors (Lipinski definition) is 3. The molecule has 0 bridgehead atoms. The number of nitrogens with zero attached hydrogens (tertiary/aromatic N) is 4. The lowest BCUT2D eigenvalue weighted by Gasteiger charge is -2.19. The highest BCUT2D eigenvalue weighted by Gasteiger charge is 2.37. The molecule has 0 radical (unpaired) electrons. The summed E-state index contributed by atoms with van der Waals surface area (Å²) in [4.78, 5) is 28.9. The second-order valence-corrected chi connectivity index (χ2v) is 7.05. The van der Waals surface area contributed by atoms with Gasteiger partial charge in [-0.3, -0.25) is 9.13 Å². The molecule has 1 aliphatic heterocycles. The van der Waals surface area contributed by atoms with Gasteiger partial charge in [-0.15, -0.1) is 0 Å². The van der Waals surface area contributed by atoms with Crippen molar-refractivity contribution in [3.8, 4) is 0 Å². The van der Waals surface area contributed by atoms with Gasteiger partial charge in [0, 0.05) is 19.3 Å². The van der Waals surface area contributed by atoms with Crippen LogP contribution in [0.1, 0.15) is 19.1 Å². The van der Waals surface area contributed by atoms with Crippen LogP contribution in [0, 0.1) is 6.08 Å². The van der Waals surface area contributed by atoms with Gasteiger partial charge in [-0.05, 0) is 6.42 Å². The van der Waals surface area contributed by atoms with Gasteiger partial charge < -0.3 is 25.0 Å². The van der Waals surface area contributed by atoms with Gasteiger partial charge >= 0.3 is 13.7 Å². The van der Waals surface area contributed by atoms with Crippen LogP contribution in [0.2, 0.25) is 0 Å². The highest BCUT2D eigenvalue weighted by atomic mass is 31.2. The summed E-state index contributed by atoms with van der Waals surface area (Å²) in [5, 5.41) is 0. The van der Waals surface area contributed by atoms with Crippen molar-refractivity contribution in [2.75, 3.05) is 12.8 Å². The summed E-state index contributed by atoms with van der Waals surface area (Å²) < 4.78 is 37.1. The normalized spacial score (nSPS) is 24.6. The minimum atomic E-state index is -4.21. The Bertz CT molecular complexity index is 853. The Hall–Kier alpha value is -1.91. The zero-order valence-corrected chi connectivity index (χ0v) is 14.1. The van der Waals surface area contributed by atoms with E-state index in [9.17, 15) is 8.96 Å². The largest absolute Gasteiger partial charge is 0.382 e. The van der Waals surface area contributed by atoms with Crippen molar-refractivity contribution in [1.29, 1.82) is 0 Å². The topological polar surface area (TPSA) is 146 Å². The molecular weight excluding hydrogens is 356 g/mol. The summed E-state index contributed by atoms with van der Waals surface area (Å²) in [6.45, 7) is 0. The Morgan fingerprint density at radius 2 is 2.32 bits per heavy atom. The van der Waals surface area contributed by atoms with Crippen molar-refractivity contribution in [3.63, 3.8) is 0 Å². The maximum atomic E-state index is 13.5. The molecule has 0 amide bonds. The van der Waals surface area contributed by atoms with Crippen LogP contribution in [0.5, 0.6) is 0 Å². The lowest BCUT2D eigenvalue weighted by molar-refractivity contribution is -0.0468. The Kier molecular flexibility index (Phi) is 4.85. The summed E-state index contributed by atoms with van der Waals surface area (Å²) in [6.07, 6.45) is 1.25. The molecule has 12 heteroatoms. The van der Waals surface area contributed by atoms with Gasteiger partial charge in [-0.2, -0.15) is 14.4 Å². The number of methoxy groups -OCH3 is 1. The van der Waals surface area contributed by atoms with Crippen LogP contribution >= 0.6 is 7.60 Å². The third kappa shape index (κ3) is 3.86. The molecule has 1 aliphatic rings. The third-order valence-corrected chi connectivity index (χ3v) is 4.44. The molecule has 25 heavy (non-hydrogen) atoms. The molecule has 3 rings (SSSR count). The molecular formula is C13H17FN5O5P. The monoisotopic (exact) mass is 373 g/mol. The van der Waals surface area contributed by atoms with Crippen molar-refractivity contribution >= 4 is 24.6 Å². The van der Waals surface area contributed by atoms with Crippen molar-refractivity contribution in [1.82, 2.24) is 19.5 Å². The first-order valence-electron chi connectivity index (χ1n) is 7.35. The molecule has 3 atom stereocenters. The van der Waals surface area contributed by atoms with Crippen LogP contribution in [0.25, 0.3) is 11.2 Å². The highest BCUT2D eigenvalue weighted by molar-refractivity contribution is 7.55. The Labute approximate surface area is 141 Å². The number of nitrogen functional groups attached to an aromatic ring is 1. The first-order chi connectivity index (χ1) is 11.8. The van der Waals surface area contributed by atoms with Gasteiger partial charge in [-0.25, -0.2) is 4.98 Å². The second kappa shape index (κ2) is 6.77. The van der Waals surface area contributed by atoms with Gasteiger partial charge in [0.25, 0.3) is 0 Å². The van der Waals surface area contributed by atoms with Gasteiger partial charge in [0.05, 0.1) is 12.4 Å². The molecule has 3 heterocycles. The van der Waals surface area contributed by atoms with Crippen LogP contribution in [0.4, 0.5) is 10.2 Å². The maximum absolute atomic E-state index is 13.5. The van der Waals surface area contributed by atoms with Gasteiger partial charge in [0.2, 0.25) is 0 Å². The molecule has 0 saturated carbocycles. The Balaban J connectivity index is 1.84. The van der Waals surface area contributed by atoms with E-state index >= 15 is 0 Å². The summed E-state index contributed by atoms with van der Waals surface area (Å²) in [5.41, 5.74) is 6.09. The molecule has 136 valence electrons. The summed E-state index contributed by atoms with van der Waals surface area (Å²) in [5.74, 6) is 0.760. The third-order valence-electron chi connectivity index (χ3n) is 3.84. The van der Waals surface area contributed by atoms with E-state index in [0.717, 1.165) is 5.82 Å². The van der Waals surface area contributed by atoms with E-state index in [1.165, 1.54) is 24.1 Å². The lowest BCUT2D eigenvalue weighted by Crippen LogP contribution is -2.21. The minimum absolute atomic E-state index is 0.0747. The molecule has 0 aliphatic carbocycles. The first kappa shape index (κ1) is 17.9. The maximum Gasteiger partial charge on any atom is 0.348 e. The molecule has 4 N–H and O–H groups in total. The number of anilines is 1. The number of hydrogen-bond acceptors (Lipinski definition) is 7. The first-order valence-corrected chi connectivity index (χ1v) is 9.03. The lowest BCUT2D eigenvalue weighted by atomic mass is 10.1. The smallest absolute Gasteiger partial charge is 0.348 e. The molecule has 1 saturated heterocycles. The highest BCUT2D eigenvalue weighted by Crippen LogP contribution is 2.38. The van der Waals surface area contributed by atoms with Crippen molar-refractivity contribution in [3.05, 3.63) is 24.3 Å². The van der Waals surface area contributed by atoms with E-state index in [2.05, 4.69) is 15.0 Å². The number of ether oxygens (including phenoxy) is 2. The van der Waals surface area contributed by atoms with Crippen molar-refractivity contribution < 1.29 is 28.2 Å². The van der Waals surface area contributed by atoms with Crippen LogP contribution in [-0.4, -0.2) is 48.6 Å². The second-order valence-electron chi connectivity index (χ2n) is 5.57. The fraction of sp³-hybridized carbons (Fsp3) is 0.462. The van der Waals surface area contributed by atoms with Gasteiger partial charge in [0.15, 0.2) is 23.2 Å². The quantitative estimate of drug-likeness (QED) is 0.514. The van der Waals surface area contributed by atoms with E-state index in [4.69, 9.17) is 25.0 Å². The average Bonchev–Trinajstić information content (AvgIpc) is 3.09. The Morgan fingerprint density at radius 3 is 3.00 bits per heavy atom. The zero-order valence-electron chi connectivity index (χ0n) is 13.2. The summed E-state index contributed by atoms with van der Waals surface area (Å²) in [7, 11) is -2.69. The summed E-state index contributed by atoms with van der Waals surface area (Å²) >= 11 is 0. The number of nitrogens with two attached hydrogens (primary N) is 1. The fourth-order valence-corrected chi connectivity index (χ4v) is 3.17. The molecule has 2 aromatic rings. The molecule has 0 spiro atoms. The number of halogens is 1. The van der Waals surface area contributed by atoms with Crippen LogP contribution in [0.3, 0.4) is 0 Å². The predicted octanol–water partition coefficient (Wildman–Crippen LogP) is 0.932. The van der Waals surface area contributed by atoms with Crippen molar-refractivity contribution in [2.45, 2.75) is 31.3 Å². The minimum Gasteiger partial charge on any atom is -0.382 e. The zero-order chi connectivity index (χ0) is 18.2. The van der Waals surface area contributed by atoms with Crippen molar-refractivity contribution in [2.24, 2.45) is 0 Å². The summed E-state index contributed by atoms with van der Waals surface area (Å²) in [6, 6.07) is 0. The molecule has 2 aromatic heterocycles. The van der Waals surface area contributed by atoms with Gasteiger partial charge in [-0.1, -0.05) is 6.08 Å². The average molecular weight is 373 g/mol.